The Hall–Kier alpha value is -1.41. The lowest BCUT2D eigenvalue weighted by Crippen LogP contribution is -2.52. The van der Waals surface area contributed by atoms with Crippen molar-refractivity contribution in [2.24, 2.45) is 4.36 Å². The number of methoxy groups -OCH3 is 2. The number of pyridine rings is 1. The average Bonchev–Trinajstić information content (AvgIpc) is 3.19. The third-order valence-electron chi connectivity index (χ3n) is 9.19. The molecule has 1 aromatic heterocycles. The van der Waals surface area contributed by atoms with Gasteiger partial charge < -0.3 is 9.47 Å². The fraction of sp³-hybridized carbons (Fsp3) is 0.656. The van der Waals surface area contributed by atoms with Gasteiger partial charge in [0.2, 0.25) is 0 Å². The number of rotatable bonds is 14. The summed E-state index contributed by atoms with van der Waals surface area (Å²) in [5, 5.41) is 0.582. The van der Waals surface area contributed by atoms with Crippen LogP contribution in [0.2, 0.25) is 18.1 Å². The maximum absolute atomic E-state index is 17.0. The number of hydrogen-bond donors (Lipinski definition) is 0. The highest BCUT2D eigenvalue weighted by Gasteiger charge is 2.47. The zero-order chi connectivity index (χ0) is 33.6. The normalized spacial score (nSPS) is 20.2. The molecule has 45 heavy (non-hydrogen) atoms. The highest BCUT2D eigenvalue weighted by Crippen LogP contribution is 2.37. The van der Waals surface area contributed by atoms with Crippen molar-refractivity contribution >= 4 is 49.9 Å². The Morgan fingerprint density at radius 2 is 1.76 bits per heavy atom. The summed E-state index contributed by atoms with van der Waals surface area (Å²) < 4.78 is 79.1. The summed E-state index contributed by atoms with van der Waals surface area (Å²) in [6.45, 7) is 11.6. The minimum absolute atomic E-state index is 0.108. The van der Waals surface area contributed by atoms with Gasteiger partial charge in [0.1, 0.15) is 38.5 Å². The van der Waals surface area contributed by atoms with Crippen molar-refractivity contribution in [2.75, 3.05) is 45.5 Å². The summed E-state index contributed by atoms with van der Waals surface area (Å²) in [5.74, 6) is 0.0538. The van der Waals surface area contributed by atoms with E-state index in [0.29, 0.717) is 34.4 Å². The lowest BCUT2D eigenvalue weighted by atomic mass is 9.89. The molecule has 7 nitrogen and oxygen atoms in total. The molecule has 1 aliphatic heterocycles. The Labute approximate surface area is 281 Å². The summed E-state index contributed by atoms with van der Waals surface area (Å²) in [6, 6.07) is 9.60. The topological polar surface area (TPSA) is 81.1 Å². The quantitative estimate of drug-likeness (QED) is 0.152. The molecule has 3 rings (SSSR count). The van der Waals surface area contributed by atoms with Crippen LogP contribution in [-0.4, -0.2) is 76.0 Å². The number of hydrogen-bond acceptors (Lipinski definition) is 6. The van der Waals surface area contributed by atoms with Crippen LogP contribution in [0.1, 0.15) is 65.6 Å². The van der Waals surface area contributed by atoms with Crippen LogP contribution in [0, 0.1) is 5.82 Å². The first kappa shape index (κ1) is 38.0. The number of nitrogens with zero attached hydrogens (tertiary/aromatic N) is 3. The number of benzene rings is 1. The van der Waals surface area contributed by atoms with E-state index in [1.807, 2.05) is 26.8 Å². The maximum atomic E-state index is 17.0. The summed E-state index contributed by atoms with van der Waals surface area (Å²) in [7, 11) is -4.11. The summed E-state index contributed by atoms with van der Waals surface area (Å²) >= 11 is 3.51. The van der Waals surface area contributed by atoms with Crippen molar-refractivity contribution in [3.05, 3.63) is 45.9 Å². The average molecular weight is 751 g/mol. The van der Waals surface area contributed by atoms with Crippen molar-refractivity contribution in [2.45, 2.75) is 89.2 Å². The van der Waals surface area contributed by atoms with Gasteiger partial charge in [0.15, 0.2) is 0 Å². The van der Waals surface area contributed by atoms with Crippen molar-refractivity contribution in [3.8, 4) is 11.5 Å². The first-order chi connectivity index (χ1) is 21.2. The van der Waals surface area contributed by atoms with Crippen LogP contribution in [0.4, 0.5) is 8.78 Å². The van der Waals surface area contributed by atoms with Gasteiger partial charge in [-0.3, -0.25) is 4.21 Å². The first-order valence-corrected chi connectivity index (χ1v) is 22.0. The minimum Gasteiger partial charge on any atom is -0.497 e. The molecule has 2 aromatic rings. The molecule has 1 aromatic carbocycles. The summed E-state index contributed by atoms with van der Waals surface area (Å²) in [5.41, 5.74) is -1.09. The Balaban J connectivity index is 2.28. The van der Waals surface area contributed by atoms with Crippen molar-refractivity contribution in [1.29, 1.82) is 0 Å². The van der Waals surface area contributed by atoms with Gasteiger partial charge in [-0.1, -0.05) is 45.0 Å². The smallest absolute Gasteiger partial charge is 0.144 e. The standard InChI is InChI=1S/C32H50BrF2N3O4S2Si/c1-9-45(10-2,11-3)27-19-28(33)37-30(29(27)35)32(21-34,22-43(39)31(4,5)6)23-44(40)36-16-12-13-17-38(44)20-24-14-15-25(41-7)18-26(24)42-8/h14-15,18-19H,9-13,16-17,20-23H2,1-8H3/t32-,43-,44?/m0/s1. The maximum Gasteiger partial charge on any atom is 0.144 e. The monoisotopic (exact) mass is 749 g/mol. The van der Waals surface area contributed by atoms with Crippen molar-refractivity contribution in [3.63, 3.8) is 0 Å². The molecule has 2 heterocycles. The molecule has 0 amide bonds. The first-order valence-electron chi connectivity index (χ1n) is 15.7. The molecule has 3 atom stereocenters. The molecular formula is C32H50BrF2N3O4S2Si. The zero-order valence-corrected chi connectivity index (χ0v) is 32.2. The molecule has 0 saturated heterocycles. The van der Waals surface area contributed by atoms with Gasteiger partial charge in [-0.2, -0.15) is 0 Å². The fourth-order valence-corrected chi connectivity index (χ4v) is 14.3. The molecule has 13 heteroatoms. The van der Waals surface area contributed by atoms with E-state index in [1.54, 1.807) is 36.7 Å². The number of ether oxygens (including phenoxy) is 2. The molecule has 0 N–H and O–H groups in total. The van der Waals surface area contributed by atoms with Gasteiger partial charge >= 0.3 is 0 Å². The summed E-state index contributed by atoms with van der Waals surface area (Å²) in [4.78, 5) is 4.57. The van der Waals surface area contributed by atoms with E-state index in [0.717, 1.165) is 36.5 Å². The van der Waals surface area contributed by atoms with Gasteiger partial charge in [-0.05, 0) is 66.9 Å². The van der Waals surface area contributed by atoms with Gasteiger partial charge in [-0.25, -0.2) is 26.6 Å². The van der Waals surface area contributed by atoms with E-state index < -0.39 is 51.4 Å². The molecule has 1 unspecified atom stereocenters. The molecule has 0 radical (unpaired) electrons. The van der Waals surface area contributed by atoms with E-state index in [-0.39, 0.29) is 23.7 Å². The van der Waals surface area contributed by atoms with E-state index in [9.17, 15) is 4.21 Å². The Morgan fingerprint density at radius 3 is 2.31 bits per heavy atom. The number of halogens is 3. The number of alkyl halides is 1. The molecule has 1 aliphatic rings. The van der Waals surface area contributed by atoms with Crippen LogP contribution in [0.5, 0.6) is 11.5 Å². The predicted octanol–water partition coefficient (Wildman–Crippen LogP) is 7.15. The minimum atomic E-state index is -3.32. The van der Waals surface area contributed by atoms with E-state index in [2.05, 4.69) is 41.7 Å². The van der Waals surface area contributed by atoms with E-state index in [1.165, 1.54) is 0 Å². The Bertz CT molecular complexity index is 1470. The highest BCUT2D eigenvalue weighted by molar-refractivity contribution is 9.10. The largest absolute Gasteiger partial charge is 0.497 e. The Kier molecular flexibility index (Phi) is 13.2. The van der Waals surface area contributed by atoms with Crippen LogP contribution in [0.3, 0.4) is 0 Å². The molecular weight excluding hydrogens is 700 g/mol. The van der Waals surface area contributed by atoms with Crippen LogP contribution >= 0.6 is 15.9 Å². The second-order valence-corrected chi connectivity index (χ2v) is 23.4. The third kappa shape index (κ3) is 8.36. The molecule has 0 fully saturated rings. The van der Waals surface area contributed by atoms with Crippen molar-refractivity contribution < 1.29 is 26.7 Å². The molecule has 0 bridgehead atoms. The molecule has 0 spiro atoms. The SMILES string of the molecule is CC[Si](CC)(CC)c1cc(Br)nc([C@@](CF)(C[S@](=O)C(C)(C)C)CS2(=O)=NCCCCN2Cc2ccc(OC)cc2OC)c1F. The molecule has 254 valence electrons. The van der Waals surface area contributed by atoms with E-state index >= 15 is 13.0 Å². The van der Waals surface area contributed by atoms with Gasteiger partial charge in [0.05, 0.1) is 39.2 Å². The van der Waals surface area contributed by atoms with Crippen LogP contribution in [-0.2, 0) is 32.7 Å². The third-order valence-corrected chi connectivity index (χ3v) is 20.0. The van der Waals surface area contributed by atoms with E-state index in [4.69, 9.17) is 13.8 Å². The summed E-state index contributed by atoms with van der Waals surface area (Å²) in [6.07, 6.45) is 1.45. The lowest BCUT2D eigenvalue weighted by Gasteiger charge is -2.38. The van der Waals surface area contributed by atoms with Crippen LogP contribution in [0.15, 0.2) is 33.2 Å². The van der Waals surface area contributed by atoms with Crippen LogP contribution < -0.4 is 14.7 Å². The number of aromatic nitrogens is 1. The van der Waals surface area contributed by atoms with Crippen molar-refractivity contribution in [1.82, 2.24) is 9.29 Å². The molecule has 0 saturated carbocycles. The van der Waals surface area contributed by atoms with Gasteiger partial charge in [-0.15, -0.1) is 0 Å². The predicted molar refractivity (Wildman–Crippen MR) is 189 cm³/mol. The lowest BCUT2D eigenvalue weighted by molar-refractivity contribution is 0.331. The van der Waals surface area contributed by atoms with Gasteiger partial charge in [0, 0.05) is 52.6 Å². The zero-order valence-electron chi connectivity index (χ0n) is 28.0. The second kappa shape index (κ2) is 15.7. The highest BCUT2D eigenvalue weighted by atomic mass is 79.9. The molecule has 0 aliphatic carbocycles. The fourth-order valence-electron chi connectivity index (χ4n) is 6.02. The Morgan fingerprint density at radius 1 is 1.09 bits per heavy atom. The van der Waals surface area contributed by atoms with Gasteiger partial charge in [0.25, 0.3) is 0 Å². The van der Waals surface area contributed by atoms with Crippen LogP contribution in [0.25, 0.3) is 0 Å². The second-order valence-electron chi connectivity index (χ2n) is 12.9.